The Labute approximate surface area is 180 Å². The fourth-order valence-electron chi connectivity index (χ4n) is 3.53. The van der Waals surface area contributed by atoms with E-state index in [0.717, 1.165) is 0 Å². The van der Waals surface area contributed by atoms with Crippen LogP contribution in [0.15, 0.2) is 47.4 Å². The minimum Gasteiger partial charge on any atom is -0.454 e. The molecule has 2 aromatic rings. The molecule has 0 aliphatic carbocycles. The Hall–Kier alpha value is -3.11. The topological polar surface area (TPSA) is 114 Å². The third kappa shape index (κ3) is 4.49. The number of anilines is 2. The molecule has 2 N–H and O–H groups in total. The van der Waals surface area contributed by atoms with Crippen molar-refractivity contribution in [2.75, 3.05) is 23.6 Å². The minimum absolute atomic E-state index is 0.0883. The van der Waals surface area contributed by atoms with E-state index >= 15 is 0 Å². The van der Waals surface area contributed by atoms with Crippen LogP contribution in [0.3, 0.4) is 0 Å². The largest absolute Gasteiger partial charge is 0.454 e. The first-order chi connectivity index (χ1) is 14.7. The molecule has 9 nitrogen and oxygen atoms in total. The molecule has 10 heteroatoms. The highest BCUT2D eigenvalue weighted by molar-refractivity contribution is 7.89. The van der Waals surface area contributed by atoms with E-state index in [1.807, 2.05) is 0 Å². The number of nitrogens with one attached hydrogen (secondary N) is 2. The third-order valence-electron chi connectivity index (χ3n) is 4.99. The summed E-state index contributed by atoms with van der Waals surface area (Å²) in [4.78, 5) is 26.8. The lowest BCUT2D eigenvalue weighted by Gasteiger charge is -2.17. The van der Waals surface area contributed by atoms with E-state index in [9.17, 15) is 18.0 Å². The van der Waals surface area contributed by atoms with Crippen molar-refractivity contribution in [1.29, 1.82) is 0 Å². The number of nitrogens with zero attached hydrogens (tertiary/aromatic N) is 1. The standard InChI is InChI=1S/C21H23N3O6S/c1-13(2)23-31(27,28)17-6-3-15(4-7-17)22-21(26)14-9-20(25)24(11-14)16-5-8-18-19(10-16)30-12-29-18/h3-8,10,13-14,23H,9,11-12H2,1-2H3,(H,22,26). The molecule has 1 fully saturated rings. The van der Waals surface area contributed by atoms with E-state index in [-0.39, 0.29) is 42.5 Å². The van der Waals surface area contributed by atoms with Gasteiger partial charge < -0.3 is 19.7 Å². The lowest BCUT2D eigenvalue weighted by molar-refractivity contribution is -0.122. The van der Waals surface area contributed by atoms with Gasteiger partial charge in [0.15, 0.2) is 11.5 Å². The molecular formula is C21H23N3O6S. The molecule has 2 aliphatic heterocycles. The number of rotatable bonds is 6. The molecule has 0 spiro atoms. The Morgan fingerprint density at radius 3 is 2.52 bits per heavy atom. The van der Waals surface area contributed by atoms with Gasteiger partial charge in [0.25, 0.3) is 0 Å². The normalized spacial score (nSPS) is 18.0. The van der Waals surface area contributed by atoms with Gasteiger partial charge in [-0.05, 0) is 50.2 Å². The maximum atomic E-state index is 12.7. The summed E-state index contributed by atoms with van der Waals surface area (Å²) in [5.74, 6) is 0.218. The van der Waals surface area contributed by atoms with E-state index < -0.39 is 15.9 Å². The number of hydrogen-bond donors (Lipinski definition) is 2. The van der Waals surface area contributed by atoms with Crippen molar-refractivity contribution in [1.82, 2.24) is 4.72 Å². The quantitative estimate of drug-likeness (QED) is 0.704. The second-order valence-corrected chi connectivity index (χ2v) is 9.45. The SMILES string of the molecule is CC(C)NS(=O)(=O)c1ccc(NC(=O)C2CC(=O)N(c3ccc4c(c3)OCO4)C2)cc1. The molecule has 0 bridgehead atoms. The molecule has 2 heterocycles. The molecule has 1 unspecified atom stereocenters. The monoisotopic (exact) mass is 445 g/mol. The molecule has 0 aromatic heterocycles. The number of ether oxygens (including phenoxy) is 2. The number of carbonyl (C=O) groups is 2. The fraction of sp³-hybridized carbons (Fsp3) is 0.333. The van der Waals surface area contributed by atoms with Crippen molar-refractivity contribution in [3.8, 4) is 11.5 Å². The molecule has 0 saturated carbocycles. The van der Waals surface area contributed by atoms with Crippen LogP contribution >= 0.6 is 0 Å². The highest BCUT2D eigenvalue weighted by Crippen LogP contribution is 2.37. The van der Waals surface area contributed by atoms with Crippen LogP contribution in [0.4, 0.5) is 11.4 Å². The molecular weight excluding hydrogens is 422 g/mol. The van der Waals surface area contributed by atoms with Crippen LogP contribution in [0.5, 0.6) is 11.5 Å². The first-order valence-electron chi connectivity index (χ1n) is 9.86. The van der Waals surface area contributed by atoms with Gasteiger partial charge in [-0.25, -0.2) is 13.1 Å². The Morgan fingerprint density at radius 2 is 1.81 bits per heavy atom. The zero-order valence-corrected chi connectivity index (χ0v) is 17.9. The maximum Gasteiger partial charge on any atom is 0.240 e. The van der Waals surface area contributed by atoms with Crippen molar-refractivity contribution in [2.24, 2.45) is 5.92 Å². The molecule has 164 valence electrons. The van der Waals surface area contributed by atoms with Gasteiger partial charge in [-0.2, -0.15) is 0 Å². The molecule has 2 aliphatic rings. The Morgan fingerprint density at radius 1 is 1.10 bits per heavy atom. The Balaban J connectivity index is 1.41. The van der Waals surface area contributed by atoms with E-state index in [4.69, 9.17) is 9.47 Å². The van der Waals surface area contributed by atoms with Crippen LogP contribution in [0.25, 0.3) is 0 Å². The summed E-state index contributed by atoms with van der Waals surface area (Å²) < 4.78 is 37.6. The lowest BCUT2D eigenvalue weighted by Crippen LogP contribution is -2.30. The van der Waals surface area contributed by atoms with Gasteiger partial charge in [0.1, 0.15) is 0 Å². The molecule has 2 amide bonds. The smallest absolute Gasteiger partial charge is 0.240 e. The van der Waals surface area contributed by atoms with E-state index in [1.165, 1.54) is 24.3 Å². The van der Waals surface area contributed by atoms with Crippen molar-refractivity contribution in [3.05, 3.63) is 42.5 Å². The first-order valence-corrected chi connectivity index (χ1v) is 11.3. The van der Waals surface area contributed by atoms with Crippen LogP contribution in [-0.4, -0.2) is 39.6 Å². The average molecular weight is 445 g/mol. The number of carbonyl (C=O) groups excluding carboxylic acids is 2. The lowest BCUT2D eigenvalue weighted by atomic mass is 10.1. The minimum atomic E-state index is -3.60. The Bertz CT molecular complexity index is 1110. The molecule has 31 heavy (non-hydrogen) atoms. The van der Waals surface area contributed by atoms with Crippen LogP contribution in [0.1, 0.15) is 20.3 Å². The van der Waals surface area contributed by atoms with Crippen molar-refractivity contribution in [2.45, 2.75) is 31.2 Å². The van der Waals surface area contributed by atoms with Gasteiger partial charge in [0, 0.05) is 36.4 Å². The molecule has 4 rings (SSSR count). The summed E-state index contributed by atoms with van der Waals surface area (Å²) in [6.45, 7) is 3.87. The predicted molar refractivity (Wildman–Crippen MR) is 114 cm³/mol. The summed E-state index contributed by atoms with van der Waals surface area (Å²) >= 11 is 0. The van der Waals surface area contributed by atoms with Crippen molar-refractivity contribution in [3.63, 3.8) is 0 Å². The van der Waals surface area contributed by atoms with Crippen molar-refractivity contribution >= 4 is 33.2 Å². The van der Waals surface area contributed by atoms with Gasteiger partial charge in [-0.15, -0.1) is 0 Å². The van der Waals surface area contributed by atoms with Gasteiger partial charge in [-0.1, -0.05) is 0 Å². The van der Waals surface area contributed by atoms with E-state index in [2.05, 4.69) is 10.0 Å². The van der Waals surface area contributed by atoms with Crippen molar-refractivity contribution < 1.29 is 27.5 Å². The summed E-state index contributed by atoms with van der Waals surface area (Å²) in [5, 5.41) is 2.76. The average Bonchev–Trinajstić information content (AvgIpc) is 3.33. The summed E-state index contributed by atoms with van der Waals surface area (Å²) in [6.07, 6.45) is 0.0883. The number of benzene rings is 2. The van der Waals surface area contributed by atoms with Crippen LogP contribution in [-0.2, 0) is 19.6 Å². The predicted octanol–water partition coefficient (Wildman–Crippen LogP) is 2.09. The Kier molecular flexibility index (Phi) is 5.59. The number of fused-ring (bicyclic) bond motifs is 1. The van der Waals surface area contributed by atoms with Crippen LogP contribution < -0.4 is 24.4 Å². The van der Waals surface area contributed by atoms with Gasteiger partial charge in [0.2, 0.25) is 28.6 Å². The molecule has 1 saturated heterocycles. The first kappa shape index (κ1) is 21.1. The highest BCUT2D eigenvalue weighted by atomic mass is 32.2. The highest BCUT2D eigenvalue weighted by Gasteiger charge is 2.35. The second-order valence-electron chi connectivity index (χ2n) is 7.73. The van der Waals surface area contributed by atoms with E-state index in [0.29, 0.717) is 22.9 Å². The number of hydrogen-bond acceptors (Lipinski definition) is 6. The second kappa shape index (κ2) is 8.20. The summed E-state index contributed by atoms with van der Waals surface area (Å²) in [5.41, 5.74) is 1.11. The molecule has 1 atom stereocenters. The number of sulfonamides is 1. The van der Waals surface area contributed by atoms with Crippen LogP contribution in [0, 0.1) is 5.92 Å². The zero-order chi connectivity index (χ0) is 22.2. The van der Waals surface area contributed by atoms with Crippen LogP contribution in [0.2, 0.25) is 0 Å². The third-order valence-corrected chi connectivity index (χ3v) is 6.66. The molecule has 0 radical (unpaired) electrons. The van der Waals surface area contributed by atoms with E-state index in [1.54, 1.807) is 36.9 Å². The fourth-order valence-corrected chi connectivity index (χ4v) is 4.78. The van der Waals surface area contributed by atoms with Gasteiger partial charge in [-0.3, -0.25) is 9.59 Å². The zero-order valence-electron chi connectivity index (χ0n) is 17.1. The van der Waals surface area contributed by atoms with Gasteiger partial charge >= 0.3 is 0 Å². The summed E-state index contributed by atoms with van der Waals surface area (Å²) in [7, 11) is -3.60. The molecule has 2 aromatic carbocycles. The van der Waals surface area contributed by atoms with Gasteiger partial charge in [0.05, 0.1) is 10.8 Å². The summed E-state index contributed by atoms with van der Waals surface area (Å²) in [6, 6.07) is 10.9. The maximum absolute atomic E-state index is 12.7. The number of amides is 2.